The van der Waals surface area contributed by atoms with Crippen LogP contribution in [0.15, 0.2) is 36.4 Å². The Labute approximate surface area is 161 Å². The van der Waals surface area contributed by atoms with Crippen LogP contribution >= 0.6 is 11.6 Å². The third-order valence-corrected chi connectivity index (χ3v) is 3.85. The Bertz CT molecular complexity index is 894. The number of ether oxygens (including phenoxy) is 3. The van der Waals surface area contributed by atoms with Crippen LogP contribution in [0.25, 0.3) is 6.08 Å². The topological polar surface area (TPSA) is 94.1 Å². The number of carboxylic acid groups (broad SMARTS) is 1. The number of carbonyl (C=O) groups is 2. The molecule has 2 aromatic carbocycles. The smallest absolute Gasteiger partial charge is 0.337 e. The second kappa shape index (κ2) is 8.95. The molecule has 0 aliphatic carbocycles. The molecule has 0 atom stereocenters. The van der Waals surface area contributed by atoms with Gasteiger partial charge in [-0.3, -0.25) is 4.79 Å². The van der Waals surface area contributed by atoms with Crippen molar-refractivity contribution in [1.82, 2.24) is 0 Å². The molecule has 7 nitrogen and oxygen atoms in total. The molecule has 1 amide bonds. The largest absolute Gasteiger partial charge is 0.496 e. The zero-order valence-corrected chi connectivity index (χ0v) is 15.7. The van der Waals surface area contributed by atoms with Crippen LogP contribution < -0.4 is 19.5 Å². The summed E-state index contributed by atoms with van der Waals surface area (Å²) in [5.41, 5.74) is 0.550. The van der Waals surface area contributed by atoms with Gasteiger partial charge in [-0.2, -0.15) is 0 Å². The van der Waals surface area contributed by atoms with Crippen molar-refractivity contribution in [3.8, 4) is 17.2 Å². The zero-order valence-electron chi connectivity index (χ0n) is 14.9. The monoisotopic (exact) mass is 391 g/mol. The van der Waals surface area contributed by atoms with Crippen molar-refractivity contribution in [3.05, 3.63) is 52.6 Å². The van der Waals surface area contributed by atoms with E-state index in [1.54, 1.807) is 18.2 Å². The summed E-state index contributed by atoms with van der Waals surface area (Å²) in [4.78, 5) is 23.7. The molecule has 0 fully saturated rings. The number of anilines is 1. The van der Waals surface area contributed by atoms with Gasteiger partial charge in [0.2, 0.25) is 5.91 Å². The van der Waals surface area contributed by atoms with Gasteiger partial charge in [0.05, 0.1) is 32.6 Å². The van der Waals surface area contributed by atoms with Gasteiger partial charge in [-0.1, -0.05) is 11.6 Å². The number of nitrogens with one attached hydrogen (secondary N) is 1. The van der Waals surface area contributed by atoms with Gasteiger partial charge in [-0.05, 0) is 24.3 Å². The predicted molar refractivity (Wildman–Crippen MR) is 102 cm³/mol. The molecule has 0 bridgehead atoms. The van der Waals surface area contributed by atoms with Gasteiger partial charge in [-0.15, -0.1) is 0 Å². The van der Waals surface area contributed by atoms with E-state index in [0.717, 1.165) is 0 Å². The molecule has 2 N–H and O–H groups in total. The summed E-state index contributed by atoms with van der Waals surface area (Å²) in [6.45, 7) is 0. The SMILES string of the molecule is COc1ccc(Cl)cc1/C=C\C(=O)Nc1cc(OC)c(OC)cc1C(=O)O. The van der Waals surface area contributed by atoms with Crippen LogP contribution in [0.1, 0.15) is 15.9 Å². The van der Waals surface area contributed by atoms with E-state index in [-0.39, 0.29) is 17.0 Å². The predicted octanol–water partition coefficient (Wildman–Crippen LogP) is 3.72. The van der Waals surface area contributed by atoms with Crippen LogP contribution in [0.4, 0.5) is 5.69 Å². The second-order valence-corrected chi connectivity index (χ2v) is 5.70. The van der Waals surface area contributed by atoms with Crippen LogP contribution in [-0.4, -0.2) is 38.3 Å². The second-order valence-electron chi connectivity index (χ2n) is 5.27. The fourth-order valence-electron chi connectivity index (χ4n) is 2.33. The molecule has 0 spiro atoms. The van der Waals surface area contributed by atoms with Gasteiger partial charge < -0.3 is 24.6 Å². The lowest BCUT2D eigenvalue weighted by molar-refractivity contribution is -0.111. The number of benzene rings is 2. The van der Waals surface area contributed by atoms with Crippen molar-refractivity contribution in [3.63, 3.8) is 0 Å². The molecule has 0 unspecified atom stereocenters. The van der Waals surface area contributed by atoms with Gasteiger partial charge in [-0.25, -0.2) is 4.79 Å². The molecule has 27 heavy (non-hydrogen) atoms. The minimum Gasteiger partial charge on any atom is -0.496 e. The summed E-state index contributed by atoms with van der Waals surface area (Å²) >= 11 is 5.96. The molecule has 0 aliphatic heterocycles. The molecule has 0 aromatic heterocycles. The fourth-order valence-corrected chi connectivity index (χ4v) is 2.52. The average molecular weight is 392 g/mol. The van der Waals surface area contributed by atoms with Crippen molar-refractivity contribution in [1.29, 1.82) is 0 Å². The van der Waals surface area contributed by atoms with Crippen molar-refractivity contribution in [2.24, 2.45) is 0 Å². The Kier molecular flexibility index (Phi) is 6.67. The quantitative estimate of drug-likeness (QED) is 0.698. The maximum atomic E-state index is 12.3. The molecule has 2 aromatic rings. The van der Waals surface area contributed by atoms with Crippen LogP contribution in [0.2, 0.25) is 5.02 Å². The summed E-state index contributed by atoms with van der Waals surface area (Å²) in [5, 5.41) is 12.4. The van der Waals surface area contributed by atoms with E-state index in [2.05, 4.69) is 5.32 Å². The van der Waals surface area contributed by atoms with Crippen molar-refractivity contribution < 1.29 is 28.9 Å². The number of carbonyl (C=O) groups excluding carboxylic acids is 1. The fraction of sp³-hybridized carbons (Fsp3) is 0.158. The lowest BCUT2D eigenvalue weighted by Gasteiger charge is -2.13. The van der Waals surface area contributed by atoms with Gasteiger partial charge in [0, 0.05) is 28.8 Å². The van der Waals surface area contributed by atoms with E-state index in [1.807, 2.05) is 0 Å². The number of aromatic carboxylic acids is 1. The molecule has 0 aliphatic rings. The first-order valence-electron chi connectivity index (χ1n) is 7.71. The lowest BCUT2D eigenvalue weighted by atomic mass is 10.1. The Morgan fingerprint density at radius 2 is 1.63 bits per heavy atom. The average Bonchev–Trinajstić information content (AvgIpc) is 2.65. The molecule has 142 valence electrons. The van der Waals surface area contributed by atoms with Crippen molar-refractivity contribution in [2.75, 3.05) is 26.6 Å². The van der Waals surface area contributed by atoms with Gasteiger partial charge in [0.15, 0.2) is 11.5 Å². The summed E-state index contributed by atoms with van der Waals surface area (Å²) in [6.07, 6.45) is 2.76. The van der Waals surface area contributed by atoms with E-state index in [1.165, 1.54) is 45.6 Å². The van der Waals surface area contributed by atoms with E-state index in [4.69, 9.17) is 25.8 Å². The summed E-state index contributed by atoms with van der Waals surface area (Å²) in [6, 6.07) is 7.65. The maximum Gasteiger partial charge on any atom is 0.337 e. The van der Waals surface area contributed by atoms with Crippen molar-refractivity contribution >= 4 is 35.2 Å². The van der Waals surface area contributed by atoms with Gasteiger partial charge >= 0.3 is 5.97 Å². The Morgan fingerprint density at radius 1 is 1.00 bits per heavy atom. The van der Waals surface area contributed by atoms with E-state index >= 15 is 0 Å². The minimum atomic E-state index is -1.22. The minimum absolute atomic E-state index is 0.0767. The first-order valence-corrected chi connectivity index (χ1v) is 8.09. The van der Waals surface area contributed by atoms with Crippen LogP contribution in [-0.2, 0) is 4.79 Å². The zero-order chi connectivity index (χ0) is 20.0. The molecule has 0 saturated carbocycles. The molecule has 2 rings (SSSR count). The third-order valence-electron chi connectivity index (χ3n) is 3.62. The Morgan fingerprint density at radius 3 is 2.22 bits per heavy atom. The highest BCUT2D eigenvalue weighted by Gasteiger charge is 2.17. The Balaban J connectivity index is 2.30. The number of carboxylic acids is 1. The first-order chi connectivity index (χ1) is 12.9. The number of hydrogen-bond donors (Lipinski definition) is 2. The van der Waals surface area contributed by atoms with Crippen LogP contribution in [0.5, 0.6) is 17.2 Å². The molecule has 8 heteroatoms. The highest BCUT2D eigenvalue weighted by atomic mass is 35.5. The molecule has 0 heterocycles. The first kappa shape index (κ1) is 20.1. The molecular formula is C19H18ClNO6. The van der Waals surface area contributed by atoms with E-state index in [9.17, 15) is 14.7 Å². The Hall–Kier alpha value is -3.19. The van der Waals surface area contributed by atoms with Crippen molar-refractivity contribution in [2.45, 2.75) is 0 Å². The number of amides is 1. The number of halogens is 1. The molecule has 0 saturated heterocycles. The summed E-state index contributed by atoms with van der Waals surface area (Å²) in [7, 11) is 4.31. The van der Waals surface area contributed by atoms with Crippen LogP contribution in [0, 0.1) is 0 Å². The van der Waals surface area contributed by atoms with E-state index in [0.29, 0.717) is 22.1 Å². The number of methoxy groups -OCH3 is 3. The van der Waals surface area contributed by atoms with Gasteiger partial charge in [0.1, 0.15) is 5.75 Å². The summed E-state index contributed by atoms with van der Waals surface area (Å²) in [5.74, 6) is -0.676. The van der Waals surface area contributed by atoms with E-state index < -0.39 is 11.9 Å². The normalized spacial score (nSPS) is 10.5. The standard InChI is InChI=1S/C19H18ClNO6/c1-25-15-6-5-12(20)8-11(15)4-7-18(22)21-14-10-17(27-3)16(26-2)9-13(14)19(23)24/h4-10H,1-3H3,(H,21,22)(H,23,24)/b7-4-. The lowest BCUT2D eigenvalue weighted by Crippen LogP contribution is -2.12. The molecular weight excluding hydrogens is 374 g/mol. The number of rotatable bonds is 7. The highest BCUT2D eigenvalue weighted by molar-refractivity contribution is 6.30. The maximum absolute atomic E-state index is 12.3. The van der Waals surface area contributed by atoms with Gasteiger partial charge in [0.25, 0.3) is 0 Å². The van der Waals surface area contributed by atoms with Crippen LogP contribution in [0.3, 0.4) is 0 Å². The number of hydrogen-bond acceptors (Lipinski definition) is 5. The highest BCUT2D eigenvalue weighted by Crippen LogP contribution is 2.33. The third kappa shape index (κ3) is 4.92. The molecule has 0 radical (unpaired) electrons. The summed E-state index contributed by atoms with van der Waals surface area (Å²) < 4.78 is 15.4.